The summed E-state index contributed by atoms with van der Waals surface area (Å²) in [4.78, 5) is 12.2. The van der Waals surface area contributed by atoms with Gasteiger partial charge in [-0.1, -0.05) is 52.9 Å². The van der Waals surface area contributed by atoms with Crippen LogP contribution in [0.1, 0.15) is 59.3 Å². The first-order chi connectivity index (χ1) is 8.84. The molecule has 1 saturated carbocycles. The van der Waals surface area contributed by atoms with Gasteiger partial charge in [0.05, 0.1) is 0 Å². The molecule has 0 aromatic carbocycles. The lowest BCUT2D eigenvalue weighted by molar-refractivity contribution is -0.122. The van der Waals surface area contributed by atoms with E-state index in [9.17, 15) is 4.79 Å². The van der Waals surface area contributed by atoms with Gasteiger partial charge in [-0.25, -0.2) is 0 Å². The molecular formula is C15H31N3O. The summed E-state index contributed by atoms with van der Waals surface area (Å²) in [7, 11) is 0. The Hall–Kier alpha value is -0.450. The van der Waals surface area contributed by atoms with Gasteiger partial charge in [0.25, 0.3) is 0 Å². The summed E-state index contributed by atoms with van der Waals surface area (Å²) in [5.41, 5.74) is 11.8. The lowest BCUT2D eigenvalue weighted by Crippen LogP contribution is -2.56. The van der Waals surface area contributed by atoms with Crippen molar-refractivity contribution in [1.29, 1.82) is 0 Å². The molecule has 2 atom stereocenters. The second-order valence-electron chi connectivity index (χ2n) is 6.97. The molecule has 0 saturated heterocycles. The average Bonchev–Trinajstić information content (AvgIpc) is 2.35. The minimum Gasteiger partial charge on any atom is -0.329 e. The Balaban J connectivity index is 2.42. The molecule has 0 amide bonds. The number of rotatable bonds is 6. The Labute approximate surface area is 117 Å². The van der Waals surface area contributed by atoms with E-state index in [-0.39, 0.29) is 17.2 Å². The third kappa shape index (κ3) is 5.59. The van der Waals surface area contributed by atoms with Gasteiger partial charge < -0.3 is 11.5 Å². The Kier molecular flexibility index (Phi) is 6.43. The van der Waals surface area contributed by atoms with Crippen molar-refractivity contribution in [1.82, 2.24) is 5.32 Å². The van der Waals surface area contributed by atoms with Crippen molar-refractivity contribution in [2.75, 3.05) is 6.54 Å². The zero-order valence-electron chi connectivity index (χ0n) is 12.7. The quantitative estimate of drug-likeness (QED) is 0.642. The number of Topliss-reactive ketones (excluding diaryl/α,β-unsaturated/α-hetero) is 1. The van der Waals surface area contributed by atoms with Gasteiger partial charge in [0.2, 0.25) is 0 Å². The van der Waals surface area contributed by atoms with Crippen LogP contribution in [0.3, 0.4) is 0 Å². The molecule has 5 N–H and O–H groups in total. The normalized spacial score (nSPS) is 21.1. The Morgan fingerprint density at radius 2 is 1.84 bits per heavy atom. The van der Waals surface area contributed by atoms with E-state index in [0.717, 1.165) is 0 Å². The maximum Gasteiger partial charge on any atom is 0.164 e. The summed E-state index contributed by atoms with van der Waals surface area (Å²) < 4.78 is 0. The molecular weight excluding hydrogens is 238 g/mol. The fourth-order valence-corrected chi connectivity index (χ4v) is 2.78. The van der Waals surface area contributed by atoms with Crippen LogP contribution >= 0.6 is 0 Å². The van der Waals surface area contributed by atoms with Gasteiger partial charge in [0.1, 0.15) is 6.17 Å². The van der Waals surface area contributed by atoms with E-state index in [4.69, 9.17) is 11.5 Å². The summed E-state index contributed by atoms with van der Waals surface area (Å²) in [5, 5.41) is 3.20. The molecule has 112 valence electrons. The molecule has 19 heavy (non-hydrogen) atoms. The molecule has 1 unspecified atom stereocenters. The van der Waals surface area contributed by atoms with Crippen LogP contribution in [0.2, 0.25) is 0 Å². The van der Waals surface area contributed by atoms with E-state index in [1.807, 2.05) is 0 Å². The largest absolute Gasteiger partial charge is 0.329 e. The summed E-state index contributed by atoms with van der Waals surface area (Å²) in [6.45, 7) is 6.81. The van der Waals surface area contributed by atoms with Crippen molar-refractivity contribution in [2.24, 2.45) is 22.8 Å². The van der Waals surface area contributed by atoms with Crippen LogP contribution < -0.4 is 16.8 Å². The van der Waals surface area contributed by atoms with Gasteiger partial charge >= 0.3 is 0 Å². The Bertz CT molecular complexity index is 280. The second kappa shape index (κ2) is 7.36. The average molecular weight is 269 g/mol. The highest BCUT2D eigenvalue weighted by atomic mass is 16.1. The lowest BCUT2D eigenvalue weighted by atomic mass is 9.84. The molecule has 0 spiro atoms. The zero-order valence-corrected chi connectivity index (χ0v) is 12.7. The van der Waals surface area contributed by atoms with Gasteiger partial charge in [0.15, 0.2) is 5.78 Å². The summed E-state index contributed by atoms with van der Waals surface area (Å²) >= 11 is 0. The highest BCUT2D eigenvalue weighted by Crippen LogP contribution is 2.26. The molecule has 4 heteroatoms. The first-order valence-electron chi connectivity index (χ1n) is 7.59. The van der Waals surface area contributed by atoms with Crippen LogP contribution in [0.15, 0.2) is 0 Å². The maximum absolute atomic E-state index is 12.2. The highest BCUT2D eigenvalue weighted by molar-refractivity contribution is 5.83. The SMILES string of the molecule is CC(C)(C)[C@@H](CN)NC(N)C(=O)CC1CCCCC1. The van der Waals surface area contributed by atoms with Crippen LogP contribution in [-0.4, -0.2) is 24.5 Å². The number of hydrogen-bond donors (Lipinski definition) is 3. The smallest absolute Gasteiger partial charge is 0.164 e. The molecule has 1 aliphatic carbocycles. The van der Waals surface area contributed by atoms with Crippen molar-refractivity contribution in [2.45, 2.75) is 71.5 Å². The van der Waals surface area contributed by atoms with Gasteiger partial charge in [-0.15, -0.1) is 0 Å². The second-order valence-corrected chi connectivity index (χ2v) is 6.97. The number of nitrogens with two attached hydrogens (primary N) is 2. The Morgan fingerprint density at radius 3 is 2.32 bits per heavy atom. The van der Waals surface area contributed by atoms with Crippen molar-refractivity contribution in [3.05, 3.63) is 0 Å². The molecule has 0 aromatic rings. The molecule has 0 bridgehead atoms. The number of ketones is 1. The fourth-order valence-electron chi connectivity index (χ4n) is 2.78. The number of carbonyl (C=O) groups is 1. The third-order valence-corrected chi connectivity index (χ3v) is 4.22. The van der Waals surface area contributed by atoms with Gasteiger partial charge in [-0.3, -0.25) is 10.1 Å². The summed E-state index contributed by atoms with van der Waals surface area (Å²) in [5.74, 6) is 0.676. The van der Waals surface area contributed by atoms with E-state index in [2.05, 4.69) is 26.1 Å². The van der Waals surface area contributed by atoms with Crippen LogP contribution in [0.25, 0.3) is 0 Å². The van der Waals surface area contributed by atoms with Crippen LogP contribution in [0.4, 0.5) is 0 Å². The lowest BCUT2D eigenvalue weighted by Gasteiger charge is -2.33. The zero-order chi connectivity index (χ0) is 14.5. The van der Waals surface area contributed by atoms with Crippen molar-refractivity contribution in [3.63, 3.8) is 0 Å². The molecule has 1 rings (SSSR count). The maximum atomic E-state index is 12.2. The number of hydrogen-bond acceptors (Lipinski definition) is 4. The predicted molar refractivity (Wildman–Crippen MR) is 79.6 cm³/mol. The van der Waals surface area contributed by atoms with Crippen molar-refractivity contribution >= 4 is 5.78 Å². The third-order valence-electron chi connectivity index (χ3n) is 4.22. The van der Waals surface area contributed by atoms with Gasteiger partial charge in [0, 0.05) is 19.0 Å². The molecule has 4 nitrogen and oxygen atoms in total. The predicted octanol–water partition coefficient (Wildman–Crippen LogP) is 1.77. The van der Waals surface area contributed by atoms with E-state index >= 15 is 0 Å². The number of carbonyl (C=O) groups excluding carboxylic acids is 1. The van der Waals surface area contributed by atoms with Crippen molar-refractivity contribution < 1.29 is 4.79 Å². The van der Waals surface area contributed by atoms with Crippen molar-refractivity contribution in [3.8, 4) is 0 Å². The Morgan fingerprint density at radius 1 is 1.26 bits per heavy atom. The minimum absolute atomic E-state index is 0.0114. The molecule has 0 radical (unpaired) electrons. The fraction of sp³-hybridized carbons (Fsp3) is 0.933. The van der Waals surface area contributed by atoms with Crippen LogP contribution in [0.5, 0.6) is 0 Å². The topological polar surface area (TPSA) is 81.1 Å². The summed E-state index contributed by atoms with van der Waals surface area (Å²) in [6.07, 6.45) is 6.23. The van der Waals surface area contributed by atoms with Gasteiger partial charge in [-0.2, -0.15) is 0 Å². The van der Waals surface area contributed by atoms with Crippen LogP contribution in [-0.2, 0) is 4.79 Å². The number of nitrogens with one attached hydrogen (secondary N) is 1. The molecule has 0 heterocycles. The highest BCUT2D eigenvalue weighted by Gasteiger charge is 2.28. The van der Waals surface area contributed by atoms with E-state index in [1.54, 1.807) is 0 Å². The van der Waals surface area contributed by atoms with E-state index in [1.165, 1.54) is 32.1 Å². The molecule has 1 fully saturated rings. The monoisotopic (exact) mass is 269 g/mol. The first kappa shape index (κ1) is 16.6. The summed E-state index contributed by atoms with van der Waals surface area (Å²) in [6, 6.07) is 0.0674. The molecule has 0 aliphatic heterocycles. The van der Waals surface area contributed by atoms with Crippen LogP contribution in [0, 0.1) is 11.3 Å². The van der Waals surface area contributed by atoms with Gasteiger partial charge in [-0.05, 0) is 11.3 Å². The van der Waals surface area contributed by atoms with E-state index in [0.29, 0.717) is 18.9 Å². The minimum atomic E-state index is -0.574. The first-order valence-corrected chi connectivity index (χ1v) is 7.59. The standard InChI is InChI=1S/C15H31N3O/c1-15(2,3)13(10-16)18-14(17)12(19)9-11-7-5-4-6-8-11/h11,13-14,18H,4-10,16-17H2,1-3H3/t13-,14?/m1/s1. The molecule has 1 aliphatic rings. The van der Waals surface area contributed by atoms with E-state index < -0.39 is 6.17 Å². The molecule has 0 aromatic heterocycles.